The lowest BCUT2D eigenvalue weighted by molar-refractivity contribution is 0.227. The van der Waals surface area contributed by atoms with Gasteiger partial charge in [-0.2, -0.15) is 0 Å². The van der Waals surface area contributed by atoms with Gasteiger partial charge in [-0.1, -0.05) is 85.0 Å². The zero-order valence-electron chi connectivity index (χ0n) is 13.1. The minimum absolute atomic E-state index is 0.356. The molecule has 0 aromatic carbocycles. The van der Waals surface area contributed by atoms with Gasteiger partial charge in [0.2, 0.25) is 0 Å². The lowest BCUT2D eigenvalue weighted by Gasteiger charge is -2.11. The predicted molar refractivity (Wildman–Crippen MR) is 81.9 cm³/mol. The standard InChI is InChI=1S/C17H36O/c1-4-5-6-9-12-16(2)13-10-7-8-11-14-17(3)15-18/h16-18H,4-15H2,1-3H3. The van der Waals surface area contributed by atoms with Gasteiger partial charge in [0.15, 0.2) is 0 Å². The van der Waals surface area contributed by atoms with E-state index in [0.717, 1.165) is 5.92 Å². The van der Waals surface area contributed by atoms with E-state index in [1.165, 1.54) is 70.6 Å². The highest BCUT2D eigenvalue weighted by atomic mass is 16.3. The minimum atomic E-state index is 0.356. The summed E-state index contributed by atoms with van der Waals surface area (Å²) in [4.78, 5) is 0. The number of hydrogen-bond donors (Lipinski definition) is 1. The van der Waals surface area contributed by atoms with Crippen LogP contribution in [-0.2, 0) is 0 Å². The molecule has 0 heterocycles. The van der Waals surface area contributed by atoms with Crippen molar-refractivity contribution in [3.05, 3.63) is 0 Å². The molecule has 0 aliphatic rings. The van der Waals surface area contributed by atoms with Crippen LogP contribution < -0.4 is 0 Å². The highest BCUT2D eigenvalue weighted by Crippen LogP contribution is 2.18. The molecule has 0 radical (unpaired) electrons. The molecule has 0 aliphatic carbocycles. The summed E-state index contributed by atoms with van der Waals surface area (Å²) in [5, 5.41) is 8.93. The first-order valence-electron chi connectivity index (χ1n) is 8.31. The number of rotatable bonds is 13. The summed E-state index contributed by atoms with van der Waals surface area (Å²) in [5.74, 6) is 1.43. The van der Waals surface area contributed by atoms with Crippen LogP contribution in [0.2, 0.25) is 0 Å². The molecule has 0 rings (SSSR count). The molecule has 110 valence electrons. The second-order valence-corrected chi connectivity index (χ2v) is 6.23. The van der Waals surface area contributed by atoms with Gasteiger partial charge in [0.25, 0.3) is 0 Å². The van der Waals surface area contributed by atoms with Crippen molar-refractivity contribution in [3.63, 3.8) is 0 Å². The maximum atomic E-state index is 8.93. The summed E-state index contributed by atoms with van der Waals surface area (Å²) in [5.41, 5.74) is 0. The van der Waals surface area contributed by atoms with Crippen molar-refractivity contribution in [2.24, 2.45) is 11.8 Å². The number of hydrogen-bond acceptors (Lipinski definition) is 1. The molecule has 1 N–H and O–H groups in total. The van der Waals surface area contributed by atoms with Gasteiger partial charge in [-0.3, -0.25) is 0 Å². The molecule has 0 bridgehead atoms. The normalized spacial score (nSPS) is 14.7. The molecule has 18 heavy (non-hydrogen) atoms. The Hall–Kier alpha value is -0.0400. The SMILES string of the molecule is CCCCCCC(C)CCCCCCC(C)CO. The second-order valence-electron chi connectivity index (χ2n) is 6.23. The van der Waals surface area contributed by atoms with Crippen molar-refractivity contribution in [1.82, 2.24) is 0 Å². The van der Waals surface area contributed by atoms with E-state index in [4.69, 9.17) is 5.11 Å². The zero-order chi connectivity index (χ0) is 13.6. The maximum Gasteiger partial charge on any atom is 0.0456 e. The second kappa shape index (κ2) is 13.4. The third-order valence-corrected chi connectivity index (χ3v) is 4.01. The van der Waals surface area contributed by atoms with Crippen molar-refractivity contribution in [1.29, 1.82) is 0 Å². The van der Waals surface area contributed by atoms with Gasteiger partial charge in [0.1, 0.15) is 0 Å². The number of unbranched alkanes of at least 4 members (excludes halogenated alkanes) is 6. The number of aliphatic hydroxyl groups excluding tert-OH is 1. The van der Waals surface area contributed by atoms with Crippen molar-refractivity contribution in [3.8, 4) is 0 Å². The molecule has 2 atom stereocenters. The van der Waals surface area contributed by atoms with Crippen LogP contribution in [0.4, 0.5) is 0 Å². The Labute approximate surface area is 115 Å². The fourth-order valence-corrected chi connectivity index (χ4v) is 2.49. The molecular formula is C17H36O. The van der Waals surface area contributed by atoms with Crippen LogP contribution in [0.5, 0.6) is 0 Å². The molecule has 0 saturated heterocycles. The Morgan fingerprint density at radius 2 is 1.11 bits per heavy atom. The Morgan fingerprint density at radius 3 is 1.56 bits per heavy atom. The number of aliphatic hydroxyl groups is 1. The highest BCUT2D eigenvalue weighted by molar-refractivity contribution is 4.56. The molecule has 0 amide bonds. The van der Waals surface area contributed by atoms with Crippen molar-refractivity contribution in [2.45, 2.75) is 91.4 Å². The first-order valence-corrected chi connectivity index (χ1v) is 8.31. The average Bonchev–Trinajstić information content (AvgIpc) is 2.38. The quantitative estimate of drug-likeness (QED) is 0.428. The summed E-state index contributed by atoms with van der Waals surface area (Å²) in [6.45, 7) is 7.19. The molecule has 0 spiro atoms. The van der Waals surface area contributed by atoms with Crippen molar-refractivity contribution in [2.75, 3.05) is 6.61 Å². The van der Waals surface area contributed by atoms with Crippen LogP contribution >= 0.6 is 0 Å². The fourth-order valence-electron chi connectivity index (χ4n) is 2.49. The summed E-state index contributed by atoms with van der Waals surface area (Å²) >= 11 is 0. The zero-order valence-corrected chi connectivity index (χ0v) is 13.1. The fraction of sp³-hybridized carbons (Fsp3) is 1.00. The van der Waals surface area contributed by atoms with Gasteiger partial charge in [-0.25, -0.2) is 0 Å². The predicted octanol–water partition coefficient (Wildman–Crippen LogP) is 5.56. The molecule has 0 fully saturated rings. The highest BCUT2D eigenvalue weighted by Gasteiger charge is 2.02. The van der Waals surface area contributed by atoms with E-state index in [-0.39, 0.29) is 0 Å². The summed E-state index contributed by atoms with van der Waals surface area (Å²) in [6.07, 6.45) is 15.1. The summed E-state index contributed by atoms with van der Waals surface area (Å²) < 4.78 is 0. The minimum Gasteiger partial charge on any atom is -0.396 e. The first kappa shape index (κ1) is 18.0. The molecule has 1 nitrogen and oxygen atoms in total. The van der Waals surface area contributed by atoms with Crippen LogP contribution in [0.1, 0.15) is 91.4 Å². The largest absolute Gasteiger partial charge is 0.396 e. The van der Waals surface area contributed by atoms with E-state index >= 15 is 0 Å². The summed E-state index contributed by atoms with van der Waals surface area (Å²) in [6, 6.07) is 0. The van der Waals surface area contributed by atoms with Crippen LogP contribution in [0, 0.1) is 11.8 Å². The van der Waals surface area contributed by atoms with Crippen LogP contribution in [0.15, 0.2) is 0 Å². The Balaban J connectivity index is 3.17. The third-order valence-electron chi connectivity index (χ3n) is 4.01. The molecule has 1 heteroatoms. The van der Waals surface area contributed by atoms with E-state index < -0.39 is 0 Å². The van der Waals surface area contributed by atoms with Gasteiger partial charge in [-0.15, -0.1) is 0 Å². The van der Waals surface area contributed by atoms with E-state index in [9.17, 15) is 0 Å². The monoisotopic (exact) mass is 256 g/mol. The van der Waals surface area contributed by atoms with Crippen molar-refractivity contribution >= 4 is 0 Å². The molecule has 2 unspecified atom stereocenters. The Kier molecular flexibility index (Phi) is 13.4. The molecule has 0 saturated carbocycles. The Morgan fingerprint density at radius 1 is 0.667 bits per heavy atom. The van der Waals surface area contributed by atoms with E-state index in [0.29, 0.717) is 12.5 Å². The average molecular weight is 256 g/mol. The van der Waals surface area contributed by atoms with Gasteiger partial charge < -0.3 is 5.11 Å². The smallest absolute Gasteiger partial charge is 0.0456 e. The van der Waals surface area contributed by atoms with Gasteiger partial charge in [-0.05, 0) is 18.3 Å². The summed E-state index contributed by atoms with van der Waals surface area (Å²) in [7, 11) is 0. The molecular weight excluding hydrogens is 220 g/mol. The van der Waals surface area contributed by atoms with E-state index in [1.807, 2.05) is 0 Å². The molecule has 0 aromatic rings. The maximum absolute atomic E-state index is 8.93. The van der Waals surface area contributed by atoms with E-state index in [2.05, 4.69) is 20.8 Å². The van der Waals surface area contributed by atoms with Gasteiger partial charge in [0, 0.05) is 6.61 Å². The lowest BCUT2D eigenvalue weighted by atomic mass is 9.95. The van der Waals surface area contributed by atoms with Crippen LogP contribution in [-0.4, -0.2) is 11.7 Å². The third kappa shape index (κ3) is 12.4. The lowest BCUT2D eigenvalue weighted by Crippen LogP contribution is -2.00. The molecule has 0 aromatic heterocycles. The van der Waals surface area contributed by atoms with E-state index in [1.54, 1.807) is 0 Å². The van der Waals surface area contributed by atoms with Crippen LogP contribution in [0.25, 0.3) is 0 Å². The topological polar surface area (TPSA) is 20.2 Å². The first-order chi connectivity index (χ1) is 8.70. The van der Waals surface area contributed by atoms with Gasteiger partial charge in [0.05, 0.1) is 0 Å². The van der Waals surface area contributed by atoms with Crippen LogP contribution in [0.3, 0.4) is 0 Å². The van der Waals surface area contributed by atoms with Gasteiger partial charge >= 0.3 is 0 Å². The Bertz CT molecular complexity index is 156. The van der Waals surface area contributed by atoms with Crippen molar-refractivity contribution < 1.29 is 5.11 Å². The molecule has 0 aliphatic heterocycles.